The average Bonchev–Trinajstić information content (AvgIpc) is 1.35. The van der Waals surface area contributed by atoms with Crippen molar-refractivity contribution in [3.8, 4) is 0 Å². The number of hydrogen-bond acceptors (Lipinski definition) is 1. The second-order valence-corrected chi connectivity index (χ2v) is 11.6. The van der Waals surface area contributed by atoms with Crippen LogP contribution in [0.1, 0.15) is 0 Å². The Bertz CT molecular complexity index is 28.7. The van der Waals surface area contributed by atoms with Crippen LogP contribution in [0, 0.1) is 0 Å². The summed E-state index contributed by atoms with van der Waals surface area (Å²) in [5, 5.41) is 0. The van der Waals surface area contributed by atoms with E-state index in [4.69, 9.17) is 5.73 Å². The molecule has 0 aliphatic carbocycles. The van der Waals surface area contributed by atoms with Crippen LogP contribution in [0.15, 0.2) is 0 Å². The minimum atomic E-state index is -0.843. The molecule has 0 aliphatic rings. The van der Waals surface area contributed by atoms with Crippen molar-refractivity contribution in [1.82, 2.24) is 0 Å². The van der Waals surface area contributed by atoms with E-state index < -0.39 is 19.8 Å². The van der Waals surface area contributed by atoms with Gasteiger partial charge in [-0.1, -0.05) is 0 Å². The number of rotatable bonds is 2. The van der Waals surface area contributed by atoms with Crippen molar-refractivity contribution in [2.75, 3.05) is 6.54 Å². The summed E-state index contributed by atoms with van der Waals surface area (Å²) in [5.74, 6) is 0. The molecular weight excluding hydrogens is 181 g/mol. The summed E-state index contributed by atoms with van der Waals surface area (Å²) in [6.45, 7) is 0.924. The van der Waals surface area contributed by atoms with Gasteiger partial charge in [-0.3, -0.25) is 0 Å². The Kier molecular flexibility index (Phi) is 4.43. The number of hydrogen-bond donors (Lipinski definition) is 1. The molecule has 0 aliphatic heterocycles. The van der Waals surface area contributed by atoms with Crippen LogP contribution in [-0.4, -0.2) is 26.3 Å². The molecule has 0 saturated carbocycles. The third-order valence-corrected chi connectivity index (χ3v) is 4.99. The maximum atomic E-state index is 5.28. The SMILES string of the molecule is [CH3][SnH]([CH3])[CH2]CN. The van der Waals surface area contributed by atoms with Crippen molar-refractivity contribution >= 4 is 19.8 Å². The van der Waals surface area contributed by atoms with Crippen LogP contribution in [0.2, 0.25) is 14.3 Å². The molecule has 0 rings (SSSR count). The summed E-state index contributed by atoms with van der Waals surface area (Å²) in [7, 11) is 0. The van der Waals surface area contributed by atoms with Crippen LogP contribution in [0.25, 0.3) is 0 Å². The second-order valence-electron chi connectivity index (χ2n) is 1.97. The van der Waals surface area contributed by atoms with Crippen molar-refractivity contribution in [1.29, 1.82) is 0 Å². The molecule has 2 N–H and O–H groups in total. The summed E-state index contributed by atoms with van der Waals surface area (Å²) < 4.78 is 1.36. The summed E-state index contributed by atoms with van der Waals surface area (Å²) in [6, 6.07) is 0. The second kappa shape index (κ2) is 3.93. The van der Waals surface area contributed by atoms with Crippen molar-refractivity contribution in [2.24, 2.45) is 5.73 Å². The van der Waals surface area contributed by atoms with Crippen molar-refractivity contribution in [2.45, 2.75) is 14.3 Å². The van der Waals surface area contributed by atoms with Gasteiger partial charge >= 0.3 is 46.4 Å². The molecule has 0 spiro atoms. The Balaban J connectivity index is 2.63. The first-order valence-corrected chi connectivity index (χ1v) is 11.4. The van der Waals surface area contributed by atoms with Gasteiger partial charge in [-0.15, -0.1) is 0 Å². The topological polar surface area (TPSA) is 26.0 Å². The Morgan fingerprint density at radius 1 is 1.50 bits per heavy atom. The van der Waals surface area contributed by atoms with Crippen molar-refractivity contribution < 1.29 is 0 Å². The standard InChI is InChI=1S/C2H6N.2CH3.Sn.H/c1-2-3;;;;/h1-3H2;2*1H3;;. The fourth-order valence-electron chi connectivity index (χ4n) is 0.333. The monoisotopic (exact) mass is 195 g/mol. The zero-order chi connectivity index (χ0) is 4.99. The van der Waals surface area contributed by atoms with E-state index in [1.807, 2.05) is 0 Å². The fraction of sp³-hybridized carbons (Fsp3) is 1.00. The molecule has 0 aromatic carbocycles. The maximum absolute atomic E-state index is 5.28. The van der Waals surface area contributed by atoms with E-state index in [9.17, 15) is 0 Å². The predicted octanol–water partition coefficient (Wildman–Crippen LogP) is 0.432. The van der Waals surface area contributed by atoms with Crippen LogP contribution in [0.4, 0.5) is 0 Å². The molecule has 0 atom stereocenters. The third kappa shape index (κ3) is 4.76. The van der Waals surface area contributed by atoms with Gasteiger partial charge in [0.2, 0.25) is 0 Å². The van der Waals surface area contributed by atoms with Gasteiger partial charge in [-0.2, -0.15) is 0 Å². The van der Waals surface area contributed by atoms with E-state index in [2.05, 4.69) is 9.88 Å². The zero-order valence-corrected chi connectivity index (χ0v) is 7.86. The van der Waals surface area contributed by atoms with Crippen LogP contribution < -0.4 is 5.73 Å². The Hall–Kier alpha value is 0.759. The molecule has 0 unspecified atom stereocenters. The molecular formula is C4H13NSn. The van der Waals surface area contributed by atoms with Crippen LogP contribution in [0.3, 0.4) is 0 Å². The van der Waals surface area contributed by atoms with Gasteiger partial charge in [0.1, 0.15) is 0 Å². The Morgan fingerprint density at radius 3 is 2.00 bits per heavy atom. The average molecular weight is 194 g/mol. The van der Waals surface area contributed by atoms with E-state index in [0.29, 0.717) is 0 Å². The van der Waals surface area contributed by atoms with Gasteiger partial charge < -0.3 is 0 Å². The van der Waals surface area contributed by atoms with E-state index in [1.165, 1.54) is 4.44 Å². The molecule has 0 heterocycles. The summed E-state index contributed by atoms with van der Waals surface area (Å²) in [4.78, 5) is 4.77. The van der Waals surface area contributed by atoms with Crippen molar-refractivity contribution in [3.63, 3.8) is 0 Å². The Labute approximate surface area is 46.7 Å². The van der Waals surface area contributed by atoms with E-state index >= 15 is 0 Å². The van der Waals surface area contributed by atoms with Gasteiger partial charge in [0, 0.05) is 0 Å². The van der Waals surface area contributed by atoms with Crippen LogP contribution in [0.5, 0.6) is 0 Å². The molecule has 1 nitrogen and oxygen atoms in total. The zero-order valence-electron chi connectivity index (χ0n) is 4.57. The molecule has 0 aromatic rings. The molecule has 0 fully saturated rings. The first kappa shape index (κ1) is 6.76. The van der Waals surface area contributed by atoms with Gasteiger partial charge in [-0.25, -0.2) is 0 Å². The summed E-state index contributed by atoms with van der Waals surface area (Å²) in [6.07, 6.45) is 0. The first-order chi connectivity index (χ1) is 2.77. The molecule has 0 radical (unpaired) electrons. The normalized spacial score (nSPS) is 10.0. The van der Waals surface area contributed by atoms with Gasteiger partial charge in [0.25, 0.3) is 0 Å². The molecule has 38 valence electrons. The molecule has 0 saturated heterocycles. The van der Waals surface area contributed by atoms with E-state index in [0.717, 1.165) is 6.54 Å². The van der Waals surface area contributed by atoms with E-state index in [1.54, 1.807) is 0 Å². The quantitative estimate of drug-likeness (QED) is 0.633. The first-order valence-electron chi connectivity index (χ1n) is 2.47. The summed E-state index contributed by atoms with van der Waals surface area (Å²) in [5.41, 5.74) is 5.28. The molecule has 0 amide bonds. The molecule has 0 bridgehead atoms. The van der Waals surface area contributed by atoms with Gasteiger partial charge in [-0.05, 0) is 0 Å². The van der Waals surface area contributed by atoms with Crippen molar-refractivity contribution in [3.05, 3.63) is 0 Å². The predicted molar refractivity (Wildman–Crippen MR) is 32.7 cm³/mol. The van der Waals surface area contributed by atoms with Gasteiger partial charge in [0.15, 0.2) is 0 Å². The molecule has 6 heavy (non-hydrogen) atoms. The fourth-order valence-corrected chi connectivity index (χ4v) is 2.24. The molecule has 0 aromatic heterocycles. The van der Waals surface area contributed by atoms with Gasteiger partial charge in [0.05, 0.1) is 0 Å². The summed E-state index contributed by atoms with van der Waals surface area (Å²) >= 11 is -0.843. The van der Waals surface area contributed by atoms with Crippen LogP contribution >= 0.6 is 0 Å². The third-order valence-electron chi connectivity index (χ3n) is 0.744. The minimum absolute atomic E-state index is 0.843. The number of nitrogens with two attached hydrogens (primary N) is 1. The van der Waals surface area contributed by atoms with E-state index in [-0.39, 0.29) is 0 Å². The van der Waals surface area contributed by atoms with Crippen LogP contribution in [-0.2, 0) is 0 Å². The Morgan fingerprint density at radius 2 is 2.00 bits per heavy atom. The molecule has 2 heteroatoms.